The highest BCUT2D eigenvalue weighted by atomic mass is 16.5. The predicted molar refractivity (Wildman–Crippen MR) is 117 cm³/mol. The van der Waals surface area contributed by atoms with E-state index in [2.05, 4.69) is 53.2 Å². The van der Waals surface area contributed by atoms with Crippen molar-refractivity contribution in [2.75, 3.05) is 13.2 Å². The van der Waals surface area contributed by atoms with Crippen LogP contribution >= 0.6 is 0 Å². The van der Waals surface area contributed by atoms with Gasteiger partial charge in [-0.3, -0.25) is 4.68 Å². The van der Waals surface area contributed by atoms with Crippen molar-refractivity contribution in [1.82, 2.24) is 9.78 Å². The summed E-state index contributed by atoms with van der Waals surface area (Å²) in [5, 5.41) is 13.5. The maximum atomic E-state index is 10.6. The van der Waals surface area contributed by atoms with Crippen LogP contribution in [0.1, 0.15) is 25.7 Å². The summed E-state index contributed by atoms with van der Waals surface area (Å²) >= 11 is 0. The summed E-state index contributed by atoms with van der Waals surface area (Å²) in [6, 6.07) is 20.9. The number of rotatable bonds is 8. The summed E-state index contributed by atoms with van der Waals surface area (Å²) in [6.07, 6.45) is 6.39. The van der Waals surface area contributed by atoms with Gasteiger partial charge >= 0.3 is 5.97 Å². The summed E-state index contributed by atoms with van der Waals surface area (Å²) in [5.41, 5.74) is 4.71. The summed E-state index contributed by atoms with van der Waals surface area (Å²) in [4.78, 5) is 10.6. The second kappa shape index (κ2) is 9.72. The summed E-state index contributed by atoms with van der Waals surface area (Å²) in [6.45, 7) is 1.25. The van der Waals surface area contributed by atoms with Crippen molar-refractivity contribution < 1.29 is 14.6 Å². The highest BCUT2D eigenvalue weighted by molar-refractivity contribution is 5.80. The van der Waals surface area contributed by atoms with E-state index in [0.717, 1.165) is 37.8 Å². The molecule has 4 rings (SSSR count). The molecule has 0 bridgehead atoms. The van der Waals surface area contributed by atoms with Gasteiger partial charge in [0.15, 0.2) is 0 Å². The highest BCUT2D eigenvalue weighted by Gasteiger charge is 2.24. The molecular formula is C25H28N2O3. The van der Waals surface area contributed by atoms with Gasteiger partial charge < -0.3 is 9.84 Å². The number of ether oxygens (including phenoxy) is 1. The van der Waals surface area contributed by atoms with E-state index in [1.807, 2.05) is 18.3 Å². The van der Waals surface area contributed by atoms with Crippen molar-refractivity contribution in [1.29, 1.82) is 0 Å². The zero-order valence-corrected chi connectivity index (χ0v) is 17.1. The Balaban J connectivity index is 1.47. The number of nitrogens with zero attached hydrogens (tertiary/aromatic N) is 2. The summed E-state index contributed by atoms with van der Waals surface area (Å²) in [5.74, 6) is 0.142. The van der Waals surface area contributed by atoms with Crippen LogP contribution in [0.3, 0.4) is 0 Å². The molecule has 5 heteroatoms. The summed E-state index contributed by atoms with van der Waals surface area (Å²) in [7, 11) is 0. The normalized spacial score (nSPS) is 18.9. The molecule has 0 unspecified atom stereocenters. The fraction of sp³-hybridized carbons (Fsp3) is 0.360. The highest BCUT2D eigenvalue weighted by Crippen LogP contribution is 2.35. The molecule has 1 aliphatic carbocycles. The molecule has 5 nitrogen and oxygen atoms in total. The third-order valence-corrected chi connectivity index (χ3v) is 5.95. The van der Waals surface area contributed by atoms with Gasteiger partial charge in [-0.15, -0.1) is 0 Å². The number of aliphatic carboxylic acids is 1. The quantitative estimate of drug-likeness (QED) is 0.566. The van der Waals surface area contributed by atoms with Gasteiger partial charge in [-0.2, -0.15) is 5.10 Å². The van der Waals surface area contributed by atoms with Crippen LogP contribution in [0.25, 0.3) is 22.4 Å². The van der Waals surface area contributed by atoms with E-state index in [1.165, 1.54) is 16.8 Å². The zero-order chi connectivity index (χ0) is 20.8. The van der Waals surface area contributed by atoms with Crippen molar-refractivity contribution in [3.63, 3.8) is 0 Å². The molecule has 0 radical (unpaired) electrons. The van der Waals surface area contributed by atoms with E-state index in [0.29, 0.717) is 18.4 Å². The van der Waals surface area contributed by atoms with E-state index < -0.39 is 5.97 Å². The van der Waals surface area contributed by atoms with Crippen molar-refractivity contribution in [2.24, 2.45) is 11.8 Å². The first-order valence-electron chi connectivity index (χ1n) is 10.7. The number of carboxylic acid groups (broad SMARTS) is 1. The van der Waals surface area contributed by atoms with E-state index >= 15 is 0 Å². The zero-order valence-electron chi connectivity index (χ0n) is 17.1. The van der Waals surface area contributed by atoms with Crippen molar-refractivity contribution >= 4 is 5.97 Å². The SMILES string of the molecule is O=C(O)COCC1CCC(Cn2ncc(-c3ccccc3)c2-c2ccccc2)CC1. The molecule has 0 spiro atoms. The minimum absolute atomic E-state index is 0.198. The average Bonchev–Trinajstić information content (AvgIpc) is 3.19. The van der Waals surface area contributed by atoms with Crippen LogP contribution in [0.2, 0.25) is 0 Å². The Bertz CT molecular complexity index is 945. The molecule has 30 heavy (non-hydrogen) atoms. The van der Waals surface area contributed by atoms with Crippen LogP contribution in [0.4, 0.5) is 0 Å². The van der Waals surface area contributed by atoms with Gasteiger partial charge in [0.2, 0.25) is 0 Å². The van der Waals surface area contributed by atoms with E-state index in [4.69, 9.17) is 14.9 Å². The van der Waals surface area contributed by atoms with Crippen molar-refractivity contribution in [3.05, 3.63) is 66.9 Å². The van der Waals surface area contributed by atoms with E-state index in [9.17, 15) is 4.79 Å². The molecule has 1 aromatic heterocycles. The minimum atomic E-state index is -0.898. The number of carbonyl (C=O) groups is 1. The predicted octanol–water partition coefficient (Wildman–Crippen LogP) is 5.12. The van der Waals surface area contributed by atoms with Crippen LogP contribution in [0, 0.1) is 11.8 Å². The van der Waals surface area contributed by atoms with Gasteiger partial charge in [0.1, 0.15) is 6.61 Å². The first-order chi connectivity index (χ1) is 14.7. The van der Waals surface area contributed by atoms with Crippen LogP contribution in [0.15, 0.2) is 66.9 Å². The molecule has 3 aromatic rings. The molecule has 0 atom stereocenters. The second-order valence-electron chi connectivity index (χ2n) is 8.12. The molecule has 1 N–H and O–H groups in total. The first kappa shape index (κ1) is 20.4. The number of hydrogen-bond acceptors (Lipinski definition) is 3. The van der Waals surface area contributed by atoms with E-state index in [1.54, 1.807) is 0 Å². The Morgan fingerprint density at radius 3 is 2.17 bits per heavy atom. The molecule has 2 aromatic carbocycles. The Morgan fingerprint density at radius 2 is 1.53 bits per heavy atom. The largest absolute Gasteiger partial charge is 0.480 e. The lowest BCUT2D eigenvalue weighted by atomic mass is 9.82. The molecular weight excluding hydrogens is 376 g/mol. The Morgan fingerprint density at radius 1 is 0.933 bits per heavy atom. The molecule has 1 heterocycles. The fourth-order valence-corrected chi connectivity index (χ4v) is 4.39. The van der Waals surface area contributed by atoms with Gasteiger partial charge in [-0.1, -0.05) is 60.7 Å². The van der Waals surface area contributed by atoms with Crippen molar-refractivity contribution in [3.8, 4) is 22.4 Å². The second-order valence-corrected chi connectivity index (χ2v) is 8.12. The Kier molecular flexibility index (Phi) is 6.60. The molecule has 0 amide bonds. The molecule has 1 aliphatic rings. The molecule has 0 aliphatic heterocycles. The topological polar surface area (TPSA) is 64.3 Å². The maximum absolute atomic E-state index is 10.6. The molecule has 0 saturated heterocycles. The lowest BCUT2D eigenvalue weighted by molar-refractivity contribution is -0.142. The fourth-order valence-electron chi connectivity index (χ4n) is 4.39. The monoisotopic (exact) mass is 404 g/mol. The molecule has 156 valence electrons. The summed E-state index contributed by atoms with van der Waals surface area (Å²) < 4.78 is 7.47. The Hall–Kier alpha value is -2.92. The van der Waals surface area contributed by atoms with Gasteiger partial charge in [0.25, 0.3) is 0 Å². The third kappa shape index (κ3) is 4.97. The molecule has 1 fully saturated rings. The number of hydrogen-bond donors (Lipinski definition) is 1. The molecule has 1 saturated carbocycles. The lowest BCUT2D eigenvalue weighted by Crippen LogP contribution is -2.23. The third-order valence-electron chi connectivity index (χ3n) is 5.95. The number of carboxylic acids is 1. The van der Waals surface area contributed by atoms with Crippen LogP contribution < -0.4 is 0 Å². The van der Waals surface area contributed by atoms with Gasteiger partial charge in [-0.05, 0) is 43.1 Å². The number of aromatic nitrogens is 2. The van der Waals surface area contributed by atoms with Crippen LogP contribution in [-0.4, -0.2) is 34.1 Å². The van der Waals surface area contributed by atoms with Gasteiger partial charge in [0.05, 0.1) is 18.5 Å². The van der Waals surface area contributed by atoms with Gasteiger partial charge in [-0.25, -0.2) is 4.79 Å². The first-order valence-corrected chi connectivity index (χ1v) is 10.7. The smallest absolute Gasteiger partial charge is 0.329 e. The van der Waals surface area contributed by atoms with Crippen LogP contribution in [0.5, 0.6) is 0 Å². The average molecular weight is 405 g/mol. The van der Waals surface area contributed by atoms with Crippen molar-refractivity contribution in [2.45, 2.75) is 32.2 Å². The Labute approximate surface area is 177 Å². The number of benzene rings is 2. The van der Waals surface area contributed by atoms with E-state index in [-0.39, 0.29) is 6.61 Å². The standard InChI is InChI=1S/C25H28N2O3/c28-24(29)18-30-17-20-13-11-19(12-14-20)16-27-25(22-9-5-2-6-10-22)23(15-26-27)21-7-3-1-4-8-21/h1-10,15,19-20H,11-14,16-18H2,(H,28,29). The van der Waals surface area contributed by atoms with Gasteiger partial charge in [0, 0.05) is 17.7 Å². The van der Waals surface area contributed by atoms with Crippen LogP contribution in [-0.2, 0) is 16.1 Å². The lowest BCUT2D eigenvalue weighted by Gasteiger charge is -2.28. The maximum Gasteiger partial charge on any atom is 0.329 e. The minimum Gasteiger partial charge on any atom is -0.480 e.